The number of hydrogen-bond acceptors (Lipinski definition) is 2. The molecule has 0 bridgehead atoms. The van der Waals surface area contributed by atoms with Crippen molar-refractivity contribution in [2.24, 2.45) is 0 Å². The van der Waals surface area contributed by atoms with Crippen molar-refractivity contribution >= 4 is 39.1 Å². The fourth-order valence-electron chi connectivity index (χ4n) is 2.11. The van der Waals surface area contributed by atoms with Crippen molar-refractivity contribution in [3.63, 3.8) is 0 Å². The lowest BCUT2D eigenvalue weighted by Crippen LogP contribution is -2.28. The molecule has 0 heterocycles. The van der Waals surface area contributed by atoms with Crippen molar-refractivity contribution in [3.8, 4) is 0 Å². The summed E-state index contributed by atoms with van der Waals surface area (Å²) in [6, 6.07) is 12.6. The summed E-state index contributed by atoms with van der Waals surface area (Å²) in [5.74, 6) is -0.194. The van der Waals surface area contributed by atoms with Crippen LogP contribution in [0.2, 0.25) is 5.02 Å². The molecular formula is C16H16BrClN2O. The predicted octanol–water partition coefficient (Wildman–Crippen LogP) is 4.57. The molecule has 2 aromatic rings. The molecule has 3 nitrogen and oxygen atoms in total. The van der Waals surface area contributed by atoms with Gasteiger partial charge in [-0.25, -0.2) is 0 Å². The quantitative estimate of drug-likeness (QED) is 0.778. The van der Waals surface area contributed by atoms with Gasteiger partial charge in [-0.15, -0.1) is 0 Å². The number of hydrogen-bond donors (Lipinski definition) is 2. The molecule has 2 aromatic carbocycles. The maximum atomic E-state index is 12.4. The molecule has 0 saturated carbocycles. The van der Waals surface area contributed by atoms with Crippen LogP contribution in [-0.2, 0) is 0 Å². The predicted molar refractivity (Wildman–Crippen MR) is 90.5 cm³/mol. The van der Waals surface area contributed by atoms with E-state index in [9.17, 15) is 4.79 Å². The Hall–Kier alpha value is -1.52. The summed E-state index contributed by atoms with van der Waals surface area (Å²) in [5.41, 5.74) is 7.76. The highest BCUT2D eigenvalue weighted by atomic mass is 79.9. The number of nitrogens with one attached hydrogen (secondary N) is 1. The topological polar surface area (TPSA) is 55.1 Å². The molecule has 0 aliphatic heterocycles. The molecule has 5 heteroatoms. The molecule has 2 rings (SSSR count). The molecular weight excluding hydrogens is 352 g/mol. The van der Waals surface area contributed by atoms with Gasteiger partial charge in [-0.2, -0.15) is 0 Å². The standard InChI is InChI=1S/C16H16BrClN2O/c1-2-15(10-4-3-5-12(18)8-10)20-16(21)13-9-11(17)6-7-14(13)19/h3-9,15H,2,19H2,1H3,(H,20,21). The van der Waals surface area contributed by atoms with E-state index >= 15 is 0 Å². The Morgan fingerprint density at radius 3 is 2.76 bits per heavy atom. The number of nitrogen functional groups attached to an aromatic ring is 1. The lowest BCUT2D eigenvalue weighted by Gasteiger charge is -2.18. The Morgan fingerprint density at radius 1 is 1.33 bits per heavy atom. The van der Waals surface area contributed by atoms with Crippen molar-refractivity contribution in [3.05, 3.63) is 63.1 Å². The third kappa shape index (κ3) is 3.99. The molecule has 3 N–H and O–H groups in total. The fourth-order valence-corrected chi connectivity index (χ4v) is 2.67. The molecule has 21 heavy (non-hydrogen) atoms. The van der Waals surface area contributed by atoms with E-state index < -0.39 is 0 Å². The van der Waals surface area contributed by atoms with Gasteiger partial charge in [0.15, 0.2) is 0 Å². The molecule has 1 unspecified atom stereocenters. The van der Waals surface area contributed by atoms with E-state index in [-0.39, 0.29) is 11.9 Å². The zero-order valence-electron chi connectivity index (χ0n) is 11.6. The van der Waals surface area contributed by atoms with E-state index in [1.807, 2.05) is 31.2 Å². The molecule has 0 saturated heterocycles. The minimum absolute atomic E-state index is 0.102. The average Bonchev–Trinajstić information content (AvgIpc) is 2.47. The highest BCUT2D eigenvalue weighted by Gasteiger charge is 2.16. The van der Waals surface area contributed by atoms with Crippen LogP contribution in [-0.4, -0.2) is 5.91 Å². The van der Waals surface area contributed by atoms with E-state index in [4.69, 9.17) is 17.3 Å². The summed E-state index contributed by atoms with van der Waals surface area (Å²) in [5, 5.41) is 3.65. The summed E-state index contributed by atoms with van der Waals surface area (Å²) in [6.07, 6.45) is 0.764. The zero-order valence-corrected chi connectivity index (χ0v) is 13.9. The first-order valence-electron chi connectivity index (χ1n) is 6.62. The van der Waals surface area contributed by atoms with Crippen LogP contribution in [0.25, 0.3) is 0 Å². The second-order valence-corrected chi connectivity index (χ2v) is 6.07. The van der Waals surface area contributed by atoms with Crippen LogP contribution in [0.3, 0.4) is 0 Å². The third-order valence-corrected chi connectivity index (χ3v) is 3.95. The van der Waals surface area contributed by atoms with Crippen LogP contribution < -0.4 is 11.1 Å². The normalized spacial score (nSPS) is 12.0. The summed E-state index contributed by atoms with van der Waals surface area (Å²) >= 11 is 9.36. The van der Waals surface area contributed by atoms with E-state index in [1.165, 1.54) is 0 Å². The molecule has 110 valence electrons. The van der Waals surface area contributed by atoms with Gasteiger partial charge < -0.3 is 11.1 Å². The second-order valence-electron chi connectivity index (χ2n) is 4.72. The van der Waals surface area contributed by atoms with Gasteiger partial charge in [-0.05, 0) is 42.3 Å². The maximum absolute atomic E-state index is 12.4. The van der Waals surface area contributed by atoms with Crippen molar-refractivity contribution in [2.75, 3.05) is 5.73 Å². The first-order chi connectivity index (χ1) is 10.0. The summed E-state index contributed by atoms with van der Waals surface area (Å²) in [4.78, 5) is 12.4. The van der Waals surface area contributed by atoms with Crippen LogP contribution in [0.5, 0.6) is 0 Å². The molecule has 0 spiro atoms. The van der Waals surface area contributed by atoms with Gasteiger partial charge in [-0.1, -0.05) is 46.6 Å². The molecule has 0 aliphatic rings. The van der Waals surface area contributed by atoms with Crippen LogP contribution in [0, 0.1) is 0 Å². The number of halogens is 2. The van der Waals surface area contributed by atoms with Gasteiger partial charge in [-0.3, -0.25) is 4.79 Å². The Morgan fingerprint density at radius 2 is 2.10 bits per heavy atom. The van der Waals surface area contributed by atoms with Gasteiger partial charge in [0.2, 0.25) is 0 Å². The molecule has 0 aliphatic carbocycles. The van der Waals surface area contributed by atoms with Gasteiger partial charge in [0.05, 0.1) is 11.6 Å². The second kappa shape index (κ2) is 6.96. The van der Waals surface area contributed by atoms with Gasteiger partial charge in [0, 0.05) is 15.2 Å². The van der Waals surface area contributed by atoms with Crippen LogP contribution in [0.4, 0.5) is 5.69 Å². The van der Waals surface area contributed by atoms with Crippen molar-refractivity contribution in [2.45, 2.75) is 19.4 Å². The van der Waals surface area contributed by atoms with Crippen molar-refractivity contribution < 1.29 is 4.79 Å². The van der Waals surface area contributed by atoms with Crippen LogP contribution in [0.15, 0.2) is 46.9 Å². The number of nitrogens with two attached hydrogens (primary N) is 1. The Kier molecular flexibility index (Phi) is 5.26. The highest BCUT2D eigenvalue weighted by molar-refractivity contribution is 9.10. The molecule has 0 fully saturated rings. The number of rotatable bonds is 4. The first-order valence-corrected chi connectivity index (χ1v) is 7.79. The zero-order chi connectivity index (χ0) is 15.4. The van der Waals surface area contributed by atoms with Crippen molar-refractivity contribution in [1.29, 1.82) is 0 Å². The van der Waals surface area contributed by atoms with E-state index in [1.54, 1.807) is 18.2 Å². The summed E-state index contributed by atoms with van der Waals surface area (Å²) in [7, 11) is 0. The Labute approximate surface area is 137 Å². The van der Waals surface area contributed by atoms with Gasteiger partial charge >= 0.3 is 0 Å². The van der Waals surface area contributed by atoms with Crippen molar-refractivity contribution in [1.82, 2.24) is 5.32 Å². The molecule has 1 amide bonds. The number of carbonyl (C=O) groups is 1. The molecule has 1 atom stereocenters. The van der Waals surface area contributed by atoms with Crippen LogP contribution in [0.1, 0.15) is 35.3 Å². The maximum Gasteiger partial charge on any atom is 0.253 e. The highest BCUT2D eigenvalue weighted by Crippen LogP contribution is 2.23. The summed E-state index contributed by atoms with van der Waals surface area (Å²) in [6.45, 7) is 2.01. The minimum Gasteiger partial charge on any atom is -0.398 e. The minimum atomic E-state index is -0.194. The van der Waals surface area contributed by atoms with Gasteiger partial charge in [0.25, 0.3) is 5.91 Å². The largest absolute Gasteiger partial charge is 0.398 e. The lowest BCUT2D eigenvalue weighted by atomic mass is 10.0. The third-order valence-electron chi connectivity index (χ3n) is 3.22. The fraction of sp³-hybridized carbons (Fsp3) is 0.188. The average molecular weight is 368 g/mol. The smallest absolute Gasteiger partial charge is 0.253 e. The summed E-state index contributed by atoms with van der Waals surface area (Å²) < 4.78 is 0.817. The Bertz CT molecular complexity index is 660. The van der Waals surface area contributed by atoms with E-state index in [2.05, 4.69) is 21.2 Å². The van der Waals surface area contributed by atoms with E-state index in [0.717, 1.165) is 16.5 Å². The number of anilines is 1. The lowest BCUT2D eigenvalue weighted by molar-refractivity contribution is 0.0936. The number of amides is 1. The molecule has 0 radical (unpaired) electrons. The molecule has 0 aromatic heterocycles. The number of benzene rings is 2. The van der Waals surface area contributed by atoms with Crippen LogP contribution >= 0.6 is 27.5 Å². The van der Waals surface area contributed by atoms with Gasteiger partial charge in [0.1, 0.15) is 0 Å². The number of carbonyl (C=O) groups excluding carboxylic acids is 1. The first kappa shape index (κ1) is 15.9. The van der Waals surface area contributed by atoms with E-state index in [0.29, 0.717) is 16.3 Å². The SMILES string of the molecule is CCC(NC(=O)c1cc(Br)ccc1N)c1cccc(Cl)c1. The monoisotopic (exact) mass is 366 g/mol. The Balaban J connectivity index is 2.22.